The van der Waals surface area contributed by atoms with E-state index >= 15 is 0 Å². The highest BCUT2D eigenvalue weighted by Crippen LogP contribution is 2.23. The SMILES string of the molecule is CN1Cc2ccc(B3OCC(C)(C)O3)cc2C1. The van der Waals surface area contributed by atoms with Gasteiger partial charge in [-0.1, -0.05) is 18.2 Å². The highest BCUT2D eigenvalue weighted by Gasteiger charge is 2.38. The van der Waals surface area contributed by atoms with E-state index in [1.54, 1.807) is 0 Å². The average Bonchev–Trinajstić information content (AvgIpc) is 2.78. The van der Waals surface area contributed by atoms with E-state index in [-0.39, 0.29) is 12.7 Å². The zero-order valence-electron chi connectivity index (χ0n) is 10.7. The van der Waals surface area contributed by atoms with Crippen LogP contribution in [0.3, 0.4) is 0 Å². The van der Waals surface area contributed by atoms with Gasteiger partial charge in [0.15, 0.2) is 0 Å². The van der Waals surface area contributed by atoms with Crippen molar-refractivity contribution in [2.45, 2.75) is 32.5 Å². The number of nitrogens with zero attached hydrogens (tertiary/aromatic N) is 1. The molecule has 1 aromatic carbocycles. The maximum atomic E-state index is 5.89. The van der Waals surface area contributed by atoms with Crippen molar-refractivity contribution in [1.82, 2.24) is 4.90 Å². The Morgan fingerprint density at radius 3 is 2.71 bits per heavy atom. The molecule has 0 aliphatic carbocycles. The summed E-state index contributed by atoms with van der Waals surface area (Å²) in [7, 11) is 1.95. The van der Waals surface area contributed by atoms with Crippen LogP contribution < -0.4 is 5.46 Å². The second kappa shape index (κ2) is 3.84. The first-order valence-corrected chi connectivity index (χ1v) is 6.13. The predicted molar refractivity (Wildman–Crippen MR) is 68.1 cm³/mol. The van der Waals surface area contributed by atoms with Crippen LogP contribution in [0.1, 0.15) is 25.0 Å². The molecule has 0 amide bonds. The first-order valence-electron chi connectivity index (χ1n) is 6.13. The van der Waals surface area contributed by atoms with Crippen molar-refractivity contribution in [2.75, 3.05) is 13.7 Å². The Balaban J connectivity index is 1.84. The molecule has 0 aromatic heterocycles. The van der Waals surface area contributed by atoms with Crippen LogP contribution in [-0.4, -0.2) is 31.3 Å². The van der Waals surface area contributed by atoms with Crippen molar-refractivity contribution < 1.29 is 9.31 Å². The summed E-state index contributed by atoms with van der Waals surface area (Å²) in [5, 5.41) is 0. The number of hydrogen-bond donors (Lipinski definition) is 0. The molecule has 0 atom stereocenters. The largest absolute Gasteiger partial charge is 0.494 e. The van der Waals surface area contributed by atoms with Gasteiger partial charge in [0.05, 0.1) is 12.2 Å². The van der Waals surface area contributed by atoms with Crippen molar-refractivity contribution in [3.05, 3.63) is 29.3 Å². The molecule has 1 aromatic rings. The Kier molecular flexibility index (Phi) is 2.54. The molecule has 0 saturated carbocycles. The van der Waals surface area contributed by atoms with E-state index in [1.165, 1.54) is 11.1 Å². The molecule has 0 unspecified atom stereocenters. The first-order chi connectivity index (χ1) is 8.03. The molecule has 0 bridgehead atoms. The summed E-state index contributed by atoms with van der Waals surface area (Å²) in [5.74, 6) is 0. The third kappa shape index (κ3) is 2.13. The van der Waals surface area contributed by atoms with Crippen molar-refractivity contribution >= 4 is 12.6 Å². The van der Waals surface area contributed by atoms with E-state index in [0.29, 0.717) is 6.61 Å². The normalized spacial score (nSPS) is 23.1. The first kappa shape index (κ1) is 11.3. The molecule has 3 rings (SSSR count). The fraction of sp³-hybridized carbons (Fsp3) is 0.538. The van der Waals surface area contributed by atoms with Gasteiger partial charge >= 0.3 is 7.12 Å². The van der Waals surface area contributed by atoms with E-state index < -0.39 is 0 Å². The van der Waals surface area contributed by atoms with Gasteiger partial charge in [0.1, 0.15) is 0 Å². The number of hydrogen-bond acceptors (Lipinski definition) is 3. The second-order valence-corrected chi connectivity index (χ2v) is 5.72. The number of rotatable bonds is 1. The maximum Gasteiger partial charge on any atom is 0.494 e. The fourth-order valence-electron chi connectivity index (χ4n) is 2.53. The Hall–Kier alpha value is -0.835. The number of fused-ring (bicyclic) bond motifs is 1. The van der Waals surface area contributed by atoms with E-state index in [4.69, 9.17) is 9.31 Å². The lowest BCUT2D eigenvalue weighted by atomic mass is 9.78. The van der Waals surface area contributed by atoms with Crippen LogP contribution in [0.2, 0.25) is 0 Å². The van der Waals surface area contributed by atoms with Crippen LogP contribution in [0.5, 0.6) is 0 Å². The van der Waals surface area contributed by atoms with Gasteiger partial charge in [0, 0.05) is 13.1 Å². The fourth-order valence-corrected chi connectivity index (χ4v) is 2.53. The molecule has 1 saturated heterocycles. The summed E-state index contributed by atoms with van der Waals surface area (Å²) < 4.78 is 11.6. The zero-order chi connectivity index (χ0) is 12.0. The van der Waals surface area contributed by atoms with E-state index in [0.717, 1.165) is 18.6 Å². The van der Waals surface area contributed by atoms with E-state index in [9.17, 15) is 0 Å². The lowest BCUT2D eigenvalue weighted by Crippen LogP contribution is -2.34. The highest BCUT2D eigenvalue weighted by molar-refractivity contribution is 6.61. The van der Waals surface area contributed by atoms with E-state index in [2.05, 4.69) is 44.0 Å². The van der Waals surface area contributed by atoms with Crippen molar-refractivity contribution in [3.63, 3.8) is 0 Å². The topological polar surface area (TPSA) is 21.7 Å². The van der Waals surface area contributed by atoms with Crippen LogP contribution in [0.15, 0.2) is 18.2 Å². The minimum Gasteiger partial charge on any atom is -0.404 e. The molecule has 90 valence electrons. The lowest BCUT2D eigenvalue weighted by molar-refractivity contribution is 0.137. The van der Waals surface area contributed by atoms with Crippen LogP contribution in [-0.2, 0) is 22.4 Å². The Morgan fingerprint density at radius 1 is 1.24 bits per heavy atom. The third-order valence-corrected chi connectivity index (χ3v) is 3.39. The number of benzene rings is 1. The summed E-state index contributed by atoms with van der Waals surface area (Å²) in [4.78, 5) is 2.31. The molecule has 0 radical (unpaired) electrons. The van der Waals surface area contributed by atoms with Crippen LogP contribution in [0, 0.1) is 0 Å². The standard InChI is InChI=1S/C13H18BNO2/c1-13(2)9-16-14(17-13)12-5-4-10-7-15(3)8-11(10)6-12/h4-6H,7-9H2,1-3H3. The smallest absolute Gasteiger partial charge is 0.404 e. The van der Waals surface area contributed by atoms with Crippen LogP contribution in [0.4, 0.5) is 0 Å². The summed E-state index contributed by atoms with van der Waals surface area (Å²) in [5.41, 5.74) is 3.81. The zero-order valence-corrected chi connectivity index (χ0v) is 10.7. The summed E-state index contributed by atoms with van der Waals surface area (Å²) in [6, 6.07) is 6.56. The Bertz CT molecular complexity index is 447. The lowest BCUT2D eigenvalue weighted by Gasteiger charge is -2.15. The van der Waals surface area contributed by atoms with Crippen molar-refractivity contribution in [2.24, 2.45) is 0 Å². The molecule has 0 N–H and O–H groups in total. The molecule has 0 spiro atoms. The summed E-state index contributed by atoms with van der Waals surface area (Å²) in [6.07, 6.45) is 0. The van der Waals surface area contributed by atoms with Gasteiger partial charge in [0.2, 0.25) is 0 Å². The molecule has 3 nitrogen and oxygen atoms in total. The minimum atomic E-state index is -0.193. The molecule has 1 fully saturated rings. The third-order valence-electron chi connectivity index (χ3n) is 3.39. The minimum absolute atomic E-state index is 0.166. The molecular formula is C13H18BNO2. The second-order valence-electron chi connectivity index (χ2n) is 5.72. The van der Waals surface area contributed by atoms with Gasteiger partial charge in [-0.25, -0.2) is 0 Å². The molecule has 2 aliphatic heterocycles. The van der Waals surface area contributed by atoms with Crippen LogP contribution >= 0.6 is 0 Å². The van der Waals surface area contributed by atoms with Gasteiger partial charge in [-0.15, -0.1) is 0 Å². The molecule has 2 aliphatic rings. The van der Waals surface area contributed by atoms with Crippen molar-refractivity contribution in [3.8, 4) is 0 Å². The van der Waals surface area contributed by atoms with Gasteiger partial charge in [-0.2, -0.15) is 0 Å². The summed E-state index contributed by atoms with van der Waals surface area (Å²) >= 11 is 0. The molecular weight excluding hydrogens is 213 g/mol. The highest BCUT2D eigenvalue weighted by atomic mass is 16.7. The monoisotopic (exact) mass is 231 g/mol. The molecule has 2 heterocycles. The van der Waals surface area contributed by atoms with Gasteiger partial charge in [0.25, 0.3) is 0 Å². The van der Waals surface area contributed by atoms with Crippen molar-refractivity contribution in [1.29, 1.82) is 0 Å². The average molecular weight is 231 g/mol. The molecule has 17 heavy (non-hydrogen) atoms. The van der Waals surface area contributed by atoms with Crippen LogP contribution in [0.25, 0.3) is 0 Å². The van der Waals surface area contributed by atoms with Gasteiger partial charge in [-0.05, 0) is 37.5 Å². The Labute approximate surface area is 103 Å². The van der Waals surface area contributed by atoms with Gasteiger partial charge in [-0.3, -0.25) is 4.90 Å². The van der Waals surface area contributed by atoms with Gasteiger partial charge < -0.3 is 9.31 Å². The molecule has 4 heteroatoms. The predicted octanol–water partition coefficient (Wildman–Crippen LogP) is 1.15. The maximum absolute atomic E-state index is 5.89. The quantitative estimate of drug-likeness (QED) is 0.677. The Morgan fingerprint density at radius 2 is 2.00 bits per heavy atom. The van der Waals surface area contributed by atoms with E-state index in [1.807, 2.05) is 0 Å². The summed E-state index contributed by atoms with van der Waals surface area (Å²) in [6.45, 7) is 6.86.